The van der Waals surface area contributed by atoms with Crippen molar-refractivity contribution in [2.45, 2.75) is 33.2 Å². The minimum atomic E-state index is 0.245. The predicted molar refractivity (Wildman–Crippen MR) is 66.1 cm³/mol. The summed E-state index contributed by atoms with van der Waals surface area (Å²) in [7, 11) is 1.69. The van der Waals surface area contributed by atoms with Gasteiger partial charge in [0, 0.05) is 12.7 Å². The van der Waals surface area contributed by atoms with Crippen molar-refractivity contribution in [3.63, 3.8) is 0 Å². The van der Waals surface area contributed by atoms with Crippen LogP contribution >= 0.6 is 11.6 Å². The maximum atomic E-state index is 6.00. The Bertz CT molecular complexity index is 357. The van der Waals surface area contributed by atoms with Crippen LogP contribution < -0.4 is 5.32 Å². The summed E-state index contributed by atoms with van der Waals surface area (Å²) >= 11 is 6.00. The fourth-order valence-electron chi connectivity index (χ4n) is 1.39. The summed E-state index contributed by atoms with van der Waals surface area (Å²) in [5, 5.41) is 3.82. The molecule has 0 aromatic carbocycles. The number of aryl methyl sites for hydroxylation is 1. The van der Waals surface area contributed by atoms with Crippen LogP contribution in [0.5, 0.6) is 0 Å². The van der Waals surface area contributed by atoms with Gasteiger partial charge >= 0.3 is 0 Å². The van der Waals surface area contributed by atoms with Crippen molar-refractivity contribution < 1.29 is 4.74 Å². The smallest absolute Gasteiger partial charge is 0.137 e. The van der Waals surface area contributed by atoms with Gasteiger partial charge in [0.2, 0.25) is 0 Å². The number of nitrogens with zero attached hydrogens (tertiary/aromatic N) is 2. The Kier molecular flexibility index (Phi) is 4.96. The van der Waals surface area contributed by atoms with Crippen LogP contribution in [0.1, 0.15) is 24.7 Å². The van der Waals surface area contributed by atoms with Crippen LogP contribution in [0.15, 0.2) is 0 Å². The zero-order valence-electron chi connectivity index (χ0n) is 10.2. The molecule has 1 aromatic rings. The van der Waals surface area contributed by atoms with Crippen LogP contribution in [0.2, 0.25) is 5.15 Å². The van der Waals surface area contributed by atoms with Gasteiger partial charge in [0.25, 0.3) is 0 Å². The zero-order valence-corrected chi connectivity index (χ0v) is 10.9. The molecule has 90 valence electrons. The highest BCUT2D eigenvalue weighted by molar-refractivity contribution is 6.30. The summed E-state index contributed by atoms with van der Waals surface area (Å²) in [5.41, 5.74) is 0.877. The van der Waals surface area contributed by atoms with Gasteiger partial charge in [-0.05, 0) is 20.3 Å². The molecule has 0 amide bonds. The molecular weight excluding hydrogens is 226 g/mol. The number of hydrogen-bond acceptors (Lipinski definition) is 4. The van der Waals surface area contributed by atoms with Crippen molar-refractivity contribution in [2.75, 3.05) is 19.0 Å². The molecule has 0 saturated heterocycles. The van der Waals surface area contributed by atoms with Crippen molar-refractivity contribution in [3.05, 3.63) is 16.5 Å². The predicted octanol–water partition coefficient (Wildman–Crippen LogP) is 2.58. The van der Waals surface area contributed by atoms with Gasteiger partial charge in [-0.15, -0.1) is 0 Å². The van der Waals surface area contributed by atoms with E-state index in [0.29, 0.717) is 17.6 Å². The molecule has 0 spiro atoms. The molecule has 0 aliphatic carbocycles. The summed E-state index contributed by atoms with van der Waals surface area (Å²) in [6.07, 6.45) is 0.966. The molecule has 4 nitrogen and oxygen atoms in total. The molecule has 0 bridgehead atoms. The third-order valence-corrected chi connectivity index (χ3v) is 2.77. The van der Waals surface area contributed by atoms with E-state index in [0.717, 1.165) is 17.8 Å². The third-order valence-electron chi connectivity index (χ3n) is 2.40. The standard InChI is InChI=1S/C11H18ClN3O/c1-5-9(6-16-4)15-11-7(2)10(12)13-8(3)14-11/h9H,5-6H2,1-4H3,(H,13,14,15). The zero-order chi connectivity index (χ0) is 12.1. The number of nitrogens with one attached hydrogen (secondary N) is 1. The van der Waals surface area contributed by atoms with Crippen molar-refractivity contribution in [2.24, 2.45) is 0 Å². The summed E-state index contributed by atoms with van der Waals surface area (Å²) in [4.78, 5) is 8.44. The normalized spacial score (nSPS) is 12.6. The lowest BCUT2D eigenvalue weighted by atomic mass is 10.2. The number of halogens is 1. The monoisotopic (exact) mass is 243 g/mol. The molecule has 1 N–H and O–H groups in total. The van der Waals surface area contributed by atoms with Gasteiger partial charge in [-0.2, -0.15) is 0 Å². The van der Waals surface area contributed by atoms with Gasteiger partial charge in [-0.3, -0.25) is 0 Å². The lowest BCUT2D eigenvalue weighted by Gasteiger charge is -2.18. The molecule has 1 unspecified atom stereocenters. The van der Waals surface area contributed by atoms with E-state index in [1.54, 1.807) is 7.11 Å². The summed E-state index contributed by atoms with van der Waals surface area (Å²) in [6.45, 7) is 6.48. The molecule has 0 aliphatic heterocycles. The first-order valence-corrected chi connectivity index (χ1v) is 5.72. The first-order chi connectivity index (χ1) is 7.58. The Hall–Kier alpha value is -0.870. The van der Waals surface area contributed by atoms with Gasteiger partial charge < -0.3 is 10.1 Å². The van der Waals surface area contributed by atoms with E-state index in [4.69, 9.17) is 16.3 Å². The number of aromatic nitrogens is 2. The highest BCUT2D eigenvalue weighted by Crippen LogP contribution is 2.20. The van der Waals surface area contributed by atoms with Crippen molar-refractivity contribution >= 4 is 17.4 Å². The number of anilines is 1. The van der Waals surface area contributed by atoms with Crippen LogP contribution in [-0.2, 0) is 4.74 Å². The van der Waals surface area contributed by atoms with Crippen LogP contribution in [0, 0.1) is 13.8 Å². The van der Waals surface area contributed by atoms with E-state index in [9.17, 15) is 0 Å². The number of methoxy groups -OCH3 is 1. The van der Waals surface area contributed by atoms with Crippen LogP contribution in [0.25, 0.3) is 0 Å². The van der Waals surface area contributed by atoms with E-state index in [-0.39, 0.29) is 6.04 Å². The fraction of sp³-hybridized carbons (Fsp3) is 0.636. The van der Waals surface area contributed by atoms with Crippen LogP contribution in [0.4, 0.5) is 5.82 Å². The summed E-state index contributed by atoms with van der Waals surface area (Å²) in [6, 6.07) is 0.245. The summed E-state index contributed by atoms with van der Waals surface area (Å²) < 4.78 is 5.13. The largest absolute Gasteiger partial charge is 0.383 e. The maximum Gasteiger partial charge on any atom is 0.137 e. The van der Waals surface area contributed by atoms with E-state index >= 15 is 0 Å². The van der Waals surface area contributed by atoms with Crippen molar-refractivity contribution in [1.82, 2.24) is 9.97 Å². The highest BCUT2D eigenvalue weighted by atomic mass is 35.5. The van der Waals surface area contributed by atoms with E-state index in [1.165, 1.54) is 0 Å². The van der Waals surface area contributed by atoms with Crippen LogP contribution in [-0.4, -0.2) is 29.7 Å². The summed E-state index contributed by atoms with van der Waals surface area (Å²) in [5.74, 6) is 1.46. The maximum absolute atomic E-state index is 6.00. The van der Waals surface area contributed by atoms with Gasteiger partial charge in [0.1, 0.15) is 16.8 Å². The number of hydrogen-bond donors (Lipinski definition) is 1. The quantitative estimate of drug-likeness (QED) is 0.808. The van der Waals surface area contributed by atoms with Gasteiger partial charge in [0.15, 0.2) is 0 Å². The lowest BCUT2D eigenvalue weighted by Crippen LogP contribution is -2.25. The first-order valence-electron chi connectivity index (χ1n) is 5.34. The van der Waals surface area contributed by atoms with Crippen molar-refractivity contribution in [1.29, 1.82) is 0 Å². The Balaban J connectivity index is 2.87. The molecule has 5 heteroatoms. The second kappa shape index (κ2) is 6.01. The van der Waals surface area contributed by atoms with E-state index < -0.39 is 0 Å². The molecule has 1 aromatic heterocycles. The topological polar surface area (TPSA) is 47.0 Å². The molecule has 0 saturated carbocycles. The third kappa shape index (κ3) is 3.32. The van der Waals surface area contributed by atoms with Crippen molar-refractivity contribution in [3.8, 4) is 0 Å². The lowest BCUT2D eigenvalue weighted by molar-refractivity contribution is 0.184. The van der Waals surface area contributed by atoms with Gasteiger partial charge in [-0.25, -0.2) is 9.97 Å². The molecule has 0 fully saturated rings. The molecule has 16 heavy (non-hydrogen) atoms. The molecule has 1 rings (SSSR count). The second-order valence-electron chi connectivity index (χ2n) is 3.74. The molecule has 1 heterocycles. The Morgan fingerprint density at radius 3 is 2.62 bits per heavy atom. The molecular formula is C11H18ClN3O. The van der Waals surface area contributed by atoms with Crippen LogP contribution in [0.3, 0.4) is 0 Å². The Morgan fingerprint density at radius 1 is 1.38 bits per heavy atom. The van der Waals surface area contributed by atoms with Gasteiger partial charge in [-0.1, -0.05) is 18.5 Å². The Labute approximate surface area is 101 Å². The van der Waals surface area contributed by atoms with E-state index in [1.807, 2.05) is 13.8 Å². The first kappa shape index (κ1) is 13.2. The number of ether oxygens (including phenoxy) is 1. The molecule has 0 aliphatic rings. The SMILES string of the molecule is CCC(COC)Nc1nc(C)nc(Cl)c1C. The fourth-order valence-corrected chi connectivity index (χ4v) is 1.60. The van der Waals surface area contributed by atoms with E-state index in [2.05, 4.69) is 22.2 Å². The average molecular weight is 244 g/mol. The molecule has 1 atom stereocenters. The average Bonchev–Trinajstić information content (AvgIpc) is 2.24. The Morgan fingerprint density at radius 2 is 2.06 bits per heavy atom. The number of rotatable bonds is 5. The molecule has 0 radical (unpaired) electrons. The highest BCUT2D eigenvalue weighted by Gasteiger charge is 2.11. The second-order valence-corrected chi connectivity index (χ2v) is 4.10. The minimum absolute atomic E-state index is 0.245. The van der Waals surface area contributed by atoms with Gasteiger partial charge in [0.05, 0.1) is 12.6 Å². The minimum Gasteiger partial charge on any atom is -0.383 e.